The van der Waals surface area contributed by atoms with E-state index in [1.807, 2.05) is 55.5 Å². The van der Waals surface area contributed by atoms with E-state index in [1.165, 1.54) is 0 Å². The molecule has 0 aliphatic heterocycles. The van der Waals surface area contributed by atoms with Gasteiger partial charge in [0.1, 0.15) is 0 Å². The van der Waals surface area contributed by atoms with E-state index in [4.69, 9.17) is 39.9 Å². The van der Waals surface area contributed by atoms with Gasteiger partial charge in [0.2, 0.25) is 0 Å². The molecule has 2 aromatic carbocycles. The predicted octanol–water partition coefficient (Wildman–Crippen LogP) is 7.99. The van der Waals surface area contributed by atoms with Gasteiger partial charge in [0.15, 0.2) is 5.69 Å². The molecule has 1 amide bonds. The van der Waals surface area contributed by atoms with E-state index < -0.39 is 0 Å². The quantitative estimate of drug-likeness (QED) is 0.256. The zero-order chi connectivity index (χ0) is 25.9. The maximum Gasteiger partial charge on any atom is 0.272 e. The summed E-state index contributed by atoms with van der Waals surface area (Å²) < 4.78 is 1.79. The molecule has 0 unspecified atom stereocenters. The summed E-state index contributed by atoms with van der Waals surface area (Å²) >= 11 is 18.9. The van der Waals surface area contributed by atoms with Crippen molar-refractivity contribution in [2.45, 2.75) is 38.6 Å². The fourth-order valence-corrected chi connectivity index (χ4v) is 5.25. The van der Waals surface area contributed by atoms with Gasteiger partial charge in [-0.2, -0.15) is 5.10 Å². The van der Waals surface area contributed by atoms with Crippen molar-refractivity contribution < 1.29 is 4.79 Å². The summed E-state index contributed by atoms with van der Waals surface area (Å²) in [6.45, 7) is 1.91. The maximum atomic E-state index is 13.6. The van der Waals surface area contributed by atoms with Crippen molar-refractivity contribution in [2.24, 2.45) is 0 Å². The second-order valence-corrected chi connectivity index (χ2v) is 10.3. The molecule has 2 heterocycles. The molecule has 1 aliphatic rings. The van der Waals surface area contributed by atoms with Gasteiger partial charge >= 0.3 is 0 Å². The molecule has 1 atom stereocenters. The van der Waals surface area contributed by atoms with Crippen LogP contribution in [0.25, 0.3) is 17.3 Å². The summed E-state index contributed by atoms with van der Waals surface area (Å²) in [5, 5.41) is 9.59. The highest BCUT2D eigenvalue weighted by atomic mass is 35.5. The van der Waals surface area contributed by atoms with Gasteiger partial charge in [0.05, 0.1) is 28.1 Å². The lowest BCUT2D eigenvalue weighted by Crippen LogP contribution is -2.28. The molecule has 1 N–H and O–H groups in total. The highest BCUT2D eigenvalue weighted by Crippen LogP contribution is 2.37. The van der Waals surface area contributed by atoms with Gasteiger partial charge in [-0.15, -0.1) is 0 Å². The van der Waals surface area contributed by atoms with Crippen LogP contribution < -0.4 is 5.32 Å². The van der Waals surface area contributed by atoms with Crippen molar-refractivity contribution in [1.29, 1.82) is 0 Å². The van der Waals surface area contributed by atoms with Crippen LogP contribution in [-0.4, -0.2) is 20.7 Å². The van der Waals surface area contributed by atoms with Crippen LogP contribution in [0.1, 0.15) is 65.2 Å². The lowest BCUT2D eigenvalue weighted by molar-refractivity contribution is 0.0932. The molecule has 4 aromatic rings. The number of halogens is 3. The van der Waals surface area contributed by atoms with Crippen molar-refractivity contribution in [3.63, 3.8) is 0 Å². The first-order chi connectivity index (χ1) is 17.9. The molecule has 0 spiro atoms. The van der Waals surface area contributed by atoms with E-state index in [1.54, 1.807) is 23.0 Å². The van der Waals surface area contributed by atoms with Crippen molar-refractivity contribution in [2.75, 3.05) is 0 Å². The van der Waals surface area contributed by atoms with Crippen molar-refractivity contribution in [1.82, 2.24) is 20.1 Å². The maximum absolute atomic E-state index is 13.6. The number of aromatic nitrogens is 3. The molecule has 0 fully saturated rings. The third kappa shape index (κ3) is 5.59. The topological polar surface area (TPSA) is 59.8 Å². The van der Waals surface area contributed by atoms with Gasteiger partial charge in [-0.3, -0.25) is 9.78 Å². The molecular weight excluding hydrogens is 527 g/mol. The van der Waals surface area contributed by atoms with Crippen LogP contribution in [0.2, 0.25) is 15.1 Å². The number of amides is 1. The molecule has 0 saturated carbocycles. The number of rotatable bonds is 5. The Labute approximate surface area is 231 Å². The molecule has 0 saturated heterocycles. The van der Waals surface area contributed by atoms with E-state index in [0.29, 0.717) is 26.4 Å². The predicted molar refractivity (Wildman–Crippen MR) is 151 cm³/mol. The van der Waals surface area contributed by atoms with Crippen LogP contribution in [0.15, 0.2) is 66.9 Å². The second-order valence-electron chi connectivity index (χ2n) is 9.06. The van der Waals surface area contributed by atoms with E-state index in [9.17, 15) is 4.79 Å². The molecule has 0 bridgehead atoms. The van der Waals surface area contributed by atoms with Crippen molar-refractivity contribution >= 4 is 52.4 Å². The van der Waals surface area contributed by atoms with Crippen LogP contribution in [0.4, 0.5) is 0 Å². The van der Waals surface area contributed by atoms with Crippen LogP contribution in [0.3, 0.4) is 0 Å². The van der Waals surface area contributed by atoms with Crippen molar-refractivity contribution in [3.8, 4) is 5.69 Å². The highest BCUT2D eigenvalue weighted by Gasteiger charge is 2.29. The van der Waals surface area contributed by atoms with Crippen LogP contribution in [0.5, 0.6) is 0 Å². The normalized spacial score (nSPS) is 15.2. The standard InChI is InChI=1S/C29H25Cl3N4O/c1-18(25-8-4-5-15-33-25)34-29(37)27-23-7-3-2-6-20(16-19-9-11-21(30)12-10-19)28(23)36(35-27)26-14-13-22(31)17-24(26)32/h4-5,8-18H,2-3,6-7H2,1H3,(H,34,37)/b20-16+/t18-/m1/s1. The van der Waals surface area contributed by atoms with E-state index in [0.717, 1.165) is 53.8 Å². The number of nitrogens with one attached hydrogen (secondary N) is 1. The Kier molecular flexibility index (Phi) is 7.65. The monoisotopic (exact) mass is 550 g/mol. The summed E-state index contributed by atoms with van der Waals surface area (Å²) in [5.74, 6) is -0.244. The first kappa shape index (κ1) is 25.5. The zero-order valence-corrected chi connectivity index (χ0v) is 22.5. The number of benzene rings is 2. The number of pyridine rings is 1. The minimum Gasteiger partial charge on any atom is -0.343 e. The Morgan fingerprint density at radius 2 is 1.76 bits per heavy atom. The second kappa shape index (κ2) is 11.1. The van der Waals surface area contributed by atoms with Gasteiger partial charge in [-0.05, 0) is 92.3 Å². The van der Waals surface area contributed by atoms with Gasteiger partial charge in [0, 0.05) is 21.8 Å². The van der Waals surface area contributed by atoms with Crippen LogP contribution >= 0.6 is 34.8 Å². The molecule has 5 nitrogen and oxygen atoms in total. The lowest BCUT2D eigenvalue weighted by atomic mass is 10.0. The summed E-state index contributed by atoms with van der Waals surface area (Å²) in [7, 11) is 0. The Balaban J connectivity index is 1.64. The Bertz CT molecular complexity index is 1460. The largest absolute Gasteiger partial charge is 0.343 e. The average Bonchev–Trinajstić information content (AvgIpc) is 3.14. The molecule has 8 heteroatoms. The lowest BCUT2D eigenvalue weighted by Gasteiger charge is -2.13. The van der Waals surface area contributed by atoms with Gasteiger partial charge in [-0.1, -0.05) is 53.0 Å². The number of carbonyl (C=O) groups excluding carboxylic acids is 1. The number of carbonyl (C=O) groups is 1. The molecule has 5 rings (SSSR count). The summed E-state index contributed by atoms with van der Waals surface area (Å²) in [4.78, 5) is 18.0. The number of nitrogens with zero attached hydrogens (tertiary/aromatic N) is 3. The van der Waals surface area contributed by atoms with Gasteiger partial charge in [0.25, 0.3) is 5.91 Å². The first-order valence-electron chi connectivity index (χ1n) is 12.2. The highest BCUT2D eigenvalue weighted by molar-refractivity contribution is 6.35. The SMILES string of the molecule is C[C@@H](NC(=O)c1nn(-c2ccc(Cl)cc2Cl)c2c1CCCC/C2=C\c1ccc(Cl)cc1)c1ccccn1. The van der Waals surface area contributed by atoms with E-state index >= 15 is 0 Å². The number of fused-ring (bicyclic) bond motifs is 1. The number of hydrogen-bond acceptors (Lipinski definition) is 3. The molecule has 1 aliphatic carbocycles. The third-order valence-corrected chi connectivity index (χ3v) is 7.24. The van der Waals surface area contributed by atoms with Gasteiger partial charge < -0.3 is 5.32 Å². The van der Waals surface area contributed by atoms with Crippen LogP contribution in [-0.2, 0) is 6.42 Å². The molecule has 188 valence electrons. The molecule has 2 aromatic heterocycles. The third-order valence-electron chi connectivity index (χ3n) is 6.45. The Morgan fingerprint density at radius 3 is 2.49 bits per heavy atom. The smallest absolute Gasteiger partial charge is 0.272 e. The Morgan fingerprint density at radius 1 is 1.00 bits per heavy atom. The minimum atomic E-state index is -0.275. The van der Waals surface area contributed by atoms with E-state index in [2.05, 4.69) is 16.4 Å². The summed E-state index contributed by atoms with van der Waals surface area (Å²) in [6, 6.07) is 18.4. The van der Waals surface area contributed by atoms with Gasteiger partial charge in [-0.25, -0.2) is 4.68 Å². The van der Waals surface area contributed by atoms with Crippen molar-refractivity contribution in [3.05, 3.63) is 110 Å². The summed E-state index contributed by atoms with van der Waals surface area (Å²) in [6.07, 6.45) is 7.38. The zero-order valence-electron chi connectivity index (χ0n) is 20.2. The average molecular weight is 552 g/mol. The fourth-order valence-electron chi connectivity index (χ4n) is 4.63. The number of allylic oxidation sites excluding steroid dienone is 1. The molecule has 0 radical (unpaired) electrons. The van der Waals surface area contributed by atoms with E-state index in [-0.39, 0.29) is 11.9 Å². The Hall–Kier alpha value is -3.12. The minimum absolute atomic E-state index is 0.244. The molecule has 37 heavy (non-hydrogen) atoms. The number of hydrogen-bond donors (Lipinski definition) is 1. The fraction of sp³-hybridized carbons (Fsp3) is 0.207. The molecular formula is C29H25Cl3N4O. The first-order valence-corrected chi connectivity index (χ1v) is 13.3. The van der Waals surface area contributed by atoms with Crippen LogP contribution in [0, 0.1) is 0 Å². The summed E-state index contributed by atoms with van der Waals surface area (Å²) in [5.41, 5.74) is 5.77.